The van der Waals surface area contributed by atoms with Gasteiger partial charge in [-0.1, -0.05) is 23.7 Å². The molecule has 25 heavy (non-hydrogen) atoms. The minimum Gasteiger partial charge on any atom is -0.451 e. The maximum absolute atomic E-state index is 12.7. The summed E-state index contributed by atoms with van der Waals surface area (Å²) in [5.41, 5.74) is 4.26. The number of anilines is 1. The van der Waals surface area contributed by atoms with Gasteiger partial charge in [-0.05, 0) is 56.7 Å². The van der Waals surface area contributed by atoms with E-state index in [1.165, 1.54) is 0 Å². The molecule has 0 spiro atoms. The van der Waals surface area contributed by atoms with Crippen molar-refractivity contribution in [2.75, 3.05) is 5.32 Å². The Balaban J connectivity index is 1.67. The zero-order valence-corrected chi connectivity index (χ0v) is 15.2. The van der Waals surface area contributed by atoms with Crippen LogP contribution in [0.25, 0.3) is 11.0 Å². The number of hydrogen-bond donors (Lipinski definition) is 1. The van der Waals surface area contributed by atoms with E-state index >= 15 is 0 Å². The Hall–Kier alpha value is -2.27. The number of hydrogen-bond acceptors (Lipinski definition) is 4. The average molecular weight is 359 g/mol. The minimum atomic E-state index is -0.334. The number of benzene rings is 1. The number of carbonyl (C=O) groups is 1. The lowest BCUT2D eigenvalue weighted by atomic mass is 9.89. The van der Waals surface area contributed by atoms with E-state index in [4.69, 9.17) is 20.5 Å². The molecule has 5 nitrogen and oxygen atoms in total. The molecule has 2 aromatic heterocycles. The molecule has 4 rings (SSSR count). The summed E-state index contributed by atoms with van der Waals surface area (Å²) in [6, 6.07) is 3.68. The first-order chi connectivity index (χ1) is 11.9. The van der Waals surface area contributed by atoms with Crippen molar-refractivity contribution in [1.29, 1.82) is 0 Å². The predicted molar refractivity (Wildman–Crippen MR) is 96.3 cm³/mol. The maximum atomic E-state index is 12.7. The second-order valence-corrected chi connectivity index (χ2v) is 7.30. The Morgan fingerprint density at radius 3 is 2.96 bits per heavy atom. The van der Waals surface area contributed by atoms with Crippen LogP contribution in [0.3, 0.4) is 0 Å². The number of carbonyl (C=O) groups excluding carboxylic acids is 1. The van der Waals surface area contributed by atoms with Gasteiger partial charge in [-0.3, -0.25) is 10.1 Å². The van der Waals surface area contributed by atoms with Crippen molar-refractivity contribution in [2.24, 2.45) is 5.92 Å². The van der Waals surface area contributed by atoms with Gasteiger partial charge in [-0.2, -0.15) is 0 Å². The van der Waals surface area contributed by atoms with Crippen LogP contribution >= 0.6 is 11.6 Å². The number of aryl methyl sites for hydroxylation is 3. The highest BCUT2D eigenvalue weighted by Gasteiger charge is 2.26. The summed E-state index contributed by atoms with van der Waals surface area (Å²) >= 11 is 6.19. The molecule has 1 aliphatic rings. The zero-order valence-electron chi connectivity index (χ0n) is 14.4. The van der Waals surface area contributed by atoms with Gasteiger partial charge in [0.05, 0.1) is 5.69 Å². The van der Waals surface area contributed by atoms with Crippen LogP contribution in [0, 0.1) is 19.8 Å². The van der Waals surface area contributed by atoms with Crippen LogP contribution in [0.15, 0.2) is 21.1 Å². The summed E-state index contributed by atoms with van der Waals surface area (Å²) in [6.07, 6.45) is 2.84. The van der Waals surface area contributed by atoms with Crippen LogP contribution in [-0.4, -0.2) is 11.1 Å². The molecular formula is C19H19ClN2O3. The SMILES string of the molecule is Cc1cc2oc(C(=O)Nc3onc4c3CC(C)CC4)c(C)c2cc1Cl. The van der Waals surface area contributed by atoms with E-state index in [1.54, 1.807) is 0 Å². The van der Waals surface area contributed by atoms with Gasteiger partial charge in [-0.25, -0.2) is 0 Å². The molecule has 1 aromatic carbocycles. The van der Waals surface area contributed by atoms with Crippen molar-refractivity contribution in [2.45, 2.75) is 40.0 Å². The van der Waals surface area contributed by atoms with Gasteiger partial charge in [0.25, 0.3) is 5.91 Å². The molecule has 6 heteroatoms. The van der Waals surface area contributed by atoms with Crippen molar-refractivity contribution in [3.05, 3.63) is 45.3 Å². The highest BCUT2D eigenvalue weighted by Crippen LogP contribution is 2.33. The van der Waals surface area contributed by atoms with Gasteiger partial charge >= 0.3 is 0 Å². The highest BCUT2D eigenvalue weighted by atomic mass is 35.5. The van der Waals surface area contributed by atoms with Gasteiger partial charge < -0.3 is 8.94 Å². The van der Waals surface area contributed by atoms with E-state index in [-0.39, 0.29) is 11.7 Å². The molecule has 1 aliphatic carbocycles. The number of fused-ring (bicyclic) bond motifs is 2. The molecule has 2 heterocycles. The largest absolute Gasteiger partial charge is 0.451 e. The normalized spacial score (nSPS) is 16.9. The molecule has 0 bridgehead atoms. The minimum absolute atomic E-state index is 0.269. The van der Waals surface area contributed by atoms with Gasteiger partial charge in [0.15, 0.2) is 5.76 Å². The number of rotatable bonds is 2. The second-order valence-electron chi connectivity index (χ2n) is 6.89. The summed E-state index contributed by atoms with van der Waals surface area (Å²) in [7, 11) is 0. The Bertz CT molecular complexity index is 986. The molecule has 1 unspecified atom stereocenters. The number of nitrogens with one attached hydrogen (secondary N) is 1. The molecule has 0 fully saturated rings. The fourth-order valence-electron chi connectivity index (χ4n) is 3.40. The van der Waals surface area contributed by atoms with Gasteiger partial charge in [0.2, 0.25) is 5.88 Å². The number of halogens is 1. The van der Waals surface area contributed by atoms with E-state index < -0.39 is 0 Å². The molecular weight excluding hydrogens is 340 g/mol. The lowest BCUT2D eigenvalue weighted by Gasteiger charge is -2.16. The summed E-state index contributed by atoms with van der Waals surface area (Å²) in [4.78, 5) is 12.7. The smallest absolute Gasteiger partial charge is 0.294 e. The first-order valence-corrected chi connectivity index (χ1v) is 8.80. The van der Waals surface area contributed by atoms with Crippen LogP contribution in [0.2, 0.25) is 5.02 Å². The van der Waals surface area contributed by atoms with E-state index in [9.17, 15) is 4.79 Å². The van der Waals surface area contributed by atoms with Crippen LogP contribution in [0.4, 0.5) is 5.88 Å². The number of aromatic nitrogens is 1. The van der Waals surface area contributed by atoms with Crippen molar-refractivity contribution in [3.63, 3.8) is 0 Å². The predicted octanol–water partition coefficient (Wildman–Crippen LogP) is 5.07. The van der Waals surface area contributed by atoms with Gasteiger partial charge in [0, 0.05) is 21.5 Å². The van der Waals surface area contributed by atoms with Gasteiger partial charge in [0.1, 0.15) is 5.58 Å². The van der Waals surface area contributed by atoms with Crippen molar-refractivity contribution < 1.29 is 13.7 Å². The van der Waals surface area contributed by atoms with Crippen molar-refractivity contribution in [3.8, 4) is 0 Å². The van der Waals surface area contributed by atoms with E-state index in [2.05, 4.69) is 17.4 Å². The number of furan rings is 1. The molecule has 0 saturated heterocycles. The van der Waals surface area contributed by atoms with Gasteiger partial charge in [-0.15, -0.1) is 0 Å². The monoisotopic (exact) mass is 358 g/mol. The summed E-state index contributed by atoms with van der Waals surface area (Å²) in [6.45, 7) is 5.95. The van der Waals surface area contributed by atoms with Crippen LogP contribution in [-0.2, 0) is 12.8 Å². The zero-order chi connectivity index (χ0) is 17.7. The van der Waals surface area contributed by atoms with Crippen molar-refractivity contribution in [1.82, 2.24) is 5.16 Å². The highest BCUT2D eigenvalue weighted by molar-refractivity contribution is 6.32. The maximum Gasteiger partial charge on any atom is 0.294 e. The fourth-order valence-corrected chi connectivity index (χ4v) is 3.56. The third-order valence-corrected chi connectivity index (χ3v) is 5.35. The molecule has 0 aliphatic heterocycles. The molecule has 0 saturated carbocycles. The Labute approximate surface area is 150 Å². The lowest BCUT2D eigenvalue weighted by Crippen LogP contribution is -2.16. The first kappa shape index (κ1) is 16.2. The number of amides is 1. The van der Waals surface area contributed by atoms with Crippen LogP contribution < -0.4 is 5.32 Å². The molecule has 1 atom stereocenters. The standard InChI is InChI=1S/C19H19ClN2O3/c1-9-4-5-15-13(6-9)19(25-22-15)21-18(23)17-11(3)12-8-14(20)10(2)7-16(12)24-17/h7-9H,4-6H2,1-3H3,(H,21,23). The molecule has 130 valence electrons. The topological polar surface area (TPSA) is 68.3 Å². The third-order valence-electron chi connectivity index (χ3n) is 4.95. The Kier molecular flexibility index (Phi) is 3.84. The lowest BCUT2D eigenvalue weighted by molar-refractivity contribution is 0.0994. The quantitative estimate of drug-likeness (QED) is 0.694. The summed E-state index contributed by atoms with van der Waals surface area (Å²) in [5.74, 6) is 0.923. The van der Waals surface area contributed by atoms with E-state index in [0.717, 1.165) is 47.0 Å². The van der Waals surface area contributed by atoms with E-state index in [0.29, 0.717) is 22.4 Å². The first-order valence-electron chi connectivity index (χ1n) is 8.42. The summed E-state index contributed by atoms with van der Waals surface area (Å²) < 4.78 is 11.1. The van der Waals surface area contributed by atoms with Crippen LogP contribution in [0.5, 0.6) is 0 Å². The molecule has 1 amide bonds. The third kappa shape index (κ3) is 2.72. The summed E-state index contributed by atoms with van der Waals surface area (Å²) in [5, 5.41) is 8.41. The van der Waals surface area contributed by atoms with Crippen molar-refractivity contribution >= 4 is 34.4 Å². The fraction of sp³-hybridized carbons (Fsp3) is 0.368. The second kappa shape index (κ2) is 5.92. The van der Waals surface area contributed by atoms with Crippen LogP contribution in [0.1, 0.15) is 46.3 Å². The molecule has 3 aromatic rings. The Morgan fingerprint density at radius 1 is 1.36 bits per heavy atom. The van der Waals surface area contributed by atoms with E-state index in [1.807, 2.05) is 26.0 Å². The Morgan fingerprint density at radius 2 is 2.16 bits per heavy atom. The molecule has 1 N–H and O–H groups in total. The molecule has 0 radical (unpaired) electrons. The number of nitrogens with zero attached hydrogens (tertiary/aromatic N) is 1. The average Bonchev–Trinajstić information content (AvgIpc) is 3.10.